The number of hydrogen-bond acceptors (Lipinski definition) is 11. The maximum atomic E-state index is 8.23. The van der Waals surface area contributed by atoms with Gasteiger partial charge in [-0.15, -0.1) is 0 Å². The molecule has 0 atom stereocenters. The van der Waals surface area contributed by atoms with Gasteiger partial charge in [-0.3, -0.25) is 9.97 Å². The van der Waals surface area contributed by atoms with Gasteiger partial charge in [0.2, 0.25) is 5.95 Å². The van der Waals surface area contributed by atoms with Crippen LogP contribution in [0, 0.1) is 10.8 Å². The number of H-pyrrole nitrogens is 1. The van der Waals surface area contributed by atoms with Crippen LogP contribution in [0.5, 0.6) is 5.75 Å². The molecule has 13 heteroatoms. The third kappa shape index (κ3) is 5.83. The lowest BCUT2D eigenvalue weighted by Gasteiger charge is -2.53. The molecular formula is C34H39N10O2P. The van der Waals surface area contributed by atoms with Crippen molar-refractivity contribution in [1.82, 2.24) is 30.2 Å². The Morgan fingerprint density at radius 1 is 1.06 bits per heavy atom. The molecule has 7 rings (SSSR count). The Hall–Kier alpha value is -4.80. The van der Waals surface area contributed by atoms with Crippen LogP contribution in [0.1, 0.15) is 18.4 Å². The van der Waals surface area contributed by atoms with Crippen LogP contribution < -0.4 is 30.9 Å². The number of methoxy groups -OCH3 is 1. The Kier molecular flexibility index (Phi) is 8.38. The standard InChI is InChI=1S/C34H39N10O2P/c1-36-18-21(17-35)23-15-26(28(45-2)16-27(23)44-19-34(20-44)8-13-46-14-9-34)41-33-42-31-22(7-10-39-31)32(43-33)40-25-6-5-24-29(30(25)47(3)4)38-12-11-37-24/h5-7,10-12,15-18,35-36H,8-9,13-14,19-20H2,1-4H3,(H3,39,40,41,42,43)/b21-18+,35-17?. The number of hydrogen-bond donors (Lipinski definition) is 5. The summed E-state index contributed by atoms with van der Waals surface area (Å²) in [7, 11) is 3.00. The topological polar surface area (TPSA) is 149 Å². The van der Waals surface area contributed by atoms with E-state index in [4.69, 9.17) is 24.9 Å². The molecule has 242 valence electrons. The molecular weight excluding hydrogens is 611 g/mol. The van der Waals surface area contributed by atoms with Crippen molar-refractivity contribution in [1.29, 1.82) is 5.41 Å². The zero-order valence-electron chi connectivity index (χ0n) is 27.0. The number of anilines is 5. The number of rotatable bonds is 10. The highest BCUT2D eigenvalue weighted by atomic mass is 31.1. The molecule has 0 amide bonds. The lowest BCUT2D eigenvalue weighted by Crippen LogP contribution is -2.58. The predicted octanol–water partition coefficient (Wildman–Crippen LogP) is 5.59. The second-order valence-electron chi connectivity index (χ2n) is 12.2. The highest BCUT2D eigenvalue weighted by Gasteiger charge is 2.44. The number of aromatic amines is 1. The van der Waals surface area contributed by atoms with Gasteiger partial charge in [-0.2, -0.15) is 9.97 Å². The van der Waals surface area contributed by atoms with Crippen molar-refractivity contribution in [3.63, 3.8) is 0 Å². The van der Waals surface area contributed by atoms with Gasteiger partial charge in [0.05, 0.1) is 29.2 Å². The third-order valence-corrected chi connectivity index (χ3v) is 10.4. The van der Waals surface area contributed by atoms with Crippen molar-refractivity contribution in [3.8, 4) is 5.75 Å². The summed E-state index contributed by atoms with van der Waals surface area (Å²) in [6.07, 6.45) is 10.7. The van der Waals surface area contributed by atoms with Crippen molar-refractivity contribution in [2.24, 2.45) is 5.41 Å². The molecule has 0 saturated carbocycles. The summed E-state index contributed by atoms with van der Waals surface area (Å²) in [6, 6.07) is 10.1. The van der Waals surface area contributed by atoms with Crippen LogP contribution >= 0.6 is 7.92 Å². The normalized spacial score (nSPS) is 16.0. The Morgan fingerprint density at radius 3 is 2.62 bits per heavy atom. The second kappa shape index (κ2) is 12.8. The number of nitrogens with zero attached hydrogens (tertiary/aromatic N) is 5. The molecule has 3 aromatic heterocycles. The maximum absolute atomic E-state index is 8.23. The van der Waals surface area contributed by atoms with E-state index < -0.39 is 7.92 Å². The van der Waals surface area contributed by atoms with E-state index >= 15 is 0 Å². The molecule has 47 heavy (non-hydrogen) atoms. The monoisotopic (exact) mass is 650 g/mol. The van der Waals surface area contributed by atoms with Gasteiger partial charge < -0.3 is 40.7 Å². The molecule has 2 aromatic carbocycles. The maximum Gasteiger partial charge on any atom is 0.231 e. The minimum Gasteiger partial charge on any atom is -0.494 e. The summed E-state index contributed by atoms with van der Waals surface area (Å²) >= 11 is 0. The Morgan fingerprint density at radius 2 is 1.87 bits per heavy atom. The zero-order valence-corrected chi connectivity index (χ0v) is 27.9. The SMILES string of the molecule is CN/C=C(\C=N)c1cc(Nc2nc(Nc3ccc4nccnc4c3P(C)C)c3cc[nH]c3n2)c(OC)cc1N1CC2(CCOCC2)C1. The number of aromatic nitrogens is 5. The van der Waals surface area contributed by atoms with E-state index in [1.165, 1.54) is 6.21 Å². The smallest absolute Gasteiger partial charge is 0.231 e. The molecule has 0 aliphatic carbocycles. The fourth-order valence-corrected chi connectivity index (χ4v) is 7.86. The van der Waals surface area contributed by atoms with Gasteiger partial charge in [-0.25, -0.2) is 0 Å². The summed E-state index contributed by atoms with van der Waals surface area (Å²) < 4.78 is 11.6. The molecule has 2 aliphatic rings. The number of allylic oxidation sites excluding steroid dienone is 1. The van der Waals surface area contributed by atoms with Crippen molar-refractivity contribution >= 4 is 75.9 Å². The van der Waals surface area contributed by atoms with Crippen molar-refractivity contribution in [2.45, 2.75) is 12.8 Å². The van der Waals surface area contributed by atoms with Gasteiger partial charge in [0.1, 0.15) is 17.2 Å². The van der Waals surface area contributed by atoms with Gasteiger partial charge in [0.25, 0.3) is 0 Å². The second-order valence-corrected chi connectivity index (χ2v) is 14.5. The van der Waals surface area contributed by atoms with Crippen molar-refractivity contribution in [2.75, 3.05) is 69.3 Å². The molecule has 2 aliphatic heterocycles. The number of ether oxygens (including phenoxy) is 2. The molecule has 5 aromatic rings. The van der Waals surface area contributed by atoms with E-state index in [9.17, 15) is 0 Å². The van der Waals surface area contributed by atoms with E-state index in [1.54, 1.807) is 19.5 Å². The average molecular weight is 651 g/mol. The van der Waals surface area contributed by atoms with E-state index in [2.05, 4.69) is 55.2 Å². The highest BCUT2D eigenvalue weighted by molar-refractivity contribution is 7.65. The highest BCUT2D eigenvalue weighted by Crippen LogP contribution is 2.46. The number of benzene rings is 2. The summed E-state index contributed by atoms with van der Waals surface area (Å²) in [5.74, 6) is 1.72. The van der Waals surface area contributed by atoms with Gasteiger partial charge in [-0.05, 0) is 50.4 Å². The van der Waals surface area contributed by atoms with Crippen LogP contribution in [0.4, 0.5) is 28.8 Å². The zero-order chi connectivity index (χ0) is 32.5. The minimum atomic E-state index is -0.512. The Bertz CT molecular complexity index is 1980. The van der Waals surface area contributed by atoms with E-state index in [1.807, 2.05) is 43.7 Å². The first kappa shape index (κ1) is 30.8. The summed E-state index contributed by atoms with van der Waals surface area (Å²) in [6.45, 7) is 7.96. The molecule has 0 radical (unpaired) electrons. The molecule has 5 heterocycles. The summed E-state index contributed by atoms with van der Waals surface area (Å²) in [5, 5.41) is 20.4. The Balaban J connectivity index is 1.27. The summed E-state index contributed by atoms with van der Waals surface area (Å²) in [5.41, 5.74) is 7.07. The van der Waals surface area contributed by atoms with Crippen molar-refractivity contribution < 1.29 is 9.47 Å². The van der Waals surface area contributed by atoms with E-state index in [-0.39, 0.29) is 5.41 Å². The third-order valence-electron chi connectivity index (χ3n) is 9.01. The average Bonchev–Trinajstić information content (AvgIpc) is 3.55. The molecule has 5 N–H and O–H groups in total. The lowest BCUT2D eigenvalue weighted by molar-refractivity contribution is -0.000213. The molecule has 0 bridgehead atoms. The minimum absolute atomic E-state index is 0.286. The van der Waals surface area contributed by atoms with Gasteiger partial charge in [-0.1, -0.05) is 7.92 Å². The van der Waals surface area contributed by atoms with E-state index in [0.29, 0.717) is 28.9 Å². The van der Waals surface area contributed by atoms with Crippen LogP contribution in [-0.2, 0) is 4.74 Å². The van der Waals surface area contributed by atoms with E-state index in [0.717, 1.165) is 83.4 Å². The van der Waals surface area contributed by atoms with Gasteiger partial charge in [0.15, 0.2) is 0 Å². The fourth-order valence-electron chi connectivity index (χ4n) is 6.65. The van der Waals surface area contributed by atoms with Crippen LogP contribution in [0.15, 0.2) is 55.1 Å². The predicted molar refractivity (Wildman–Crippen MR) is 192 cm³/mol. The quantitative estimate of drug-likeness (QED) is 0.0957. The lowest BCUT2D eigenvalue weighted by atomic mass is 9.73. The first-order valence-electron chi connectivity index (χ1n) is 15.7. The molecule has 2 saturated heterocycles. The Labute approximate surface area is 274 Å². The van der Waals surface area contributed by atoms with Gasteiger partial charge >= 0.3 is 0 Å². The van der Waals surface area contributed by atoms with Crippen molar-refractivity contribution in [3.05, 3.63) is 60.7 Å². The van der Waals surface area contributed by atoms with Crippen LogP contribution in [0.3, 0.4) is 0 Å². The number of fused-ring (bicyclic) bond motifs is 2. The van der Waals surface area contributed by atoms with Crippen LogP contribution in [0.2, 0.25) is 0 Å². The number of nitrogens with one attached hydrogen (secondary N) is 5. The summed E-state index contributed by atoms with van der Waals surface area (Å²) in [4.78, 5) is 24.6. The van der Waals surface area contributed by atoms with Gasteiger partial charge in [0, 0.05) is 104 Å². The molecule has 2 fully saturated rings. The van der Waals surface area contributed by atoms with Crippen LogP contribution in [-0.4, -0.2) is 84.9 Å². The first-order valence-corrected chi connectivity index (χ1v) is 17.9. The fraction of sp³-hybridized carbons (Fsp3) is 0.324. The molecule has 12 nitrogen and oxygen atoms in total. The van der Waals surface area contributed by atoms with Crippen LogP contribution in [0.25, 0.3) is 27.6 Å². The molecule has 1 spiro atoms. The largest absolute Gasteiger partial charge is 0.494 e. The first-order chi connectivity index (χ1) is 22.9. The molecule has 0 unspecified atom stereocenters.